The molecular weight excluding hydrogens is 166 g/mol. The summed E-state index contributed by atoms with van der Waals surface area (Å²) in [7, 11) is 0. The Morgan fingerprint density at radius 3 is 3.10 bits per heavy atom. The first-order chi connectivity index (χ1) is 4.84. The molecule has 1 aromatic rings. The third kappa shape index (κ3) is 1.78. The van der Waals surface area contributed by atoms with E-state index in [0.717, 1.165) is 10.1 Å². The highest BCUT2D eigenvalue weighted by Crippen LogP contribution is 2.03. The van der Waals surface area contributed by atoms with Gasteiger partial charge in [0.1, 0.15) is 12.7 Å². The number of hydrogen-bond donors (Lipinski definition) is 0. The van der Waals surface area contributed by atoms with Crippen LogP contribution in [0.2, 0.25) is 0 Å². The molecule has 0 aliphatic carbocycles. The average Bonchev–Trinajstić information content (AvgIpc) is 2.38. The minimum atomic E-state index is 0.750. The lowest BCUT2D eigenvalue weighted by atomic mass is 11.0. The number of nitrogens with zero attached hydrogens (tertiary/aromatic N) is 3. The lowest BCUT2D eigenvalue weighted by Gasteiger charge is -1.97. The van der Waals surface area contributed by atoms with E-state index in [1.54, 1.807) is 22.8 Å². The van der Waals surface area contributed by atoms with Crippen LogP contribution in [0.1, 0.15) is 6.92 Å². The van der Waals surface area contributed by atoms with Crippen molar-refractivity contribution in [3.8, 4) is 0 Å². The van der Waals surface area contributed by atoms with E-state index >= 15 is 0 Å². The summed E-state index contributed by atoms with van der Waals surface area (Å²) < 4.78 is 2.34. The van der Waals surface area contributed by atoms with Crippen molar-refractivity contribution in [3.63, 3.8) is 0 Å². The summed E-state index contributed by atoms with van der Waals surface area (Å²) in [5.41, 5.74) is 0. The number of thioether (sulfide) groups is 1. The van der Waals surface area contributed by atoms with Crippen LogP contribution < -0.4 is 0 Å². The molecule has 0 fully saturated rings. The van der Waals surface area contributed by atoms with Gasteiger partial charge in [-0.05, 0) is 5.75 Å². The fourth-order valence-electron chi connectivity index (χ4n) is 0.492. The maximum absolute atomic E-state index is 5.00. The monoisotopic (exact) mass is 173 g/mol. The highest BCUT2D eigenvalue weighted by atomic mass is 32.2. The summed E-state index contributed by atoms with van der Waals surface area (Å²) in [6.07, 6.45) is 3.08. The molecular formula is C5H7N3S2. The summed E-state index contributed by atoms with van der Waals surface area (Å²) in [6, 6.07) is 0. The zero-order valence-corrected chi connectivity index (χ0v) is 7.15. The maximum Gasteiger partial charge on any atom is 0.163 e. The summed E-state index contributed by atoms with van der Waals surface area (Å²) in [6.45, 7) is 2.05. The standard InChI is InChI=1S/C5H7N3S2/c1-2-10-5(9)8-4-6-3-7-8/h3-4H,2H2,1H3. The second-order valence-electron chi connectivity index (χ2n) is 1.54. The van der Waals surface area contributed by atoms with Crippen LogP contribution in [-0.2, 0) is 0 Å². The number of hydrogen-bond acceptors (Lipinski definition) is 4. The van der Waals surface area contributed by atoms with Crippen LogP contribution in [0, 0.1) is 0 Å². The van der Waals surface area contributed by atoms with E-state index in [9.17, 15) is 0 Å². The molecule has 0 unspecified atom stereocenters. The van der Waals surface area contributed by atoms with Crippen LogP contribution in [0.5, 0.6) is 0 Å². The molecule has 54 valence electrons. The molecule has 0 aromatic carbocycles. The third-order valence-corrected chi connectivity index (χ3v) is 2.14. The molecule has 1 heterocycles. The summed E-state index contributed by atoms with van der Waals surface area (Å²) in [4.78, 5) is 3.78. The Labute approximate surface area is 68.8 Å². The van der Waals surface area contributed by atoms with E-state index in [4.69, 9.17) is 12.2 Å². The summed E-state index contributed by atoms with van der Waals surface area (Å²) >= 11 is 6.58. The molecule has 0 aliphatic rings. The lowest BCUT2D eigenvalue weighted by molar-refractivity contribution is 0.963. The molecule has 0 aliphatic heterocycles. The Bertz CT molecular complexity index is 207. The van der Waals surface area contributed by atoms with Gasteiger partial charge in [-0.25, -0.2) is 9.67 Å². The Morgan fingerprint density at radius 1 is 1.80 bits per heavy atom. The first kappa shape index (κ1) is 7.68. The molecule has 0 bridgehead atoms. The molecule has 0 saturated heterocycles. The van der Waals surface area contributed by atoms with E-state index in [1.165, 1.54) is 6.33 Å². The van der Waals surface area contributed by atoms with Crippen molar-refractivity contribution < 1.29 is 0 Å². The Hall–Kier alpha value is -0.420. The Morgan fingerprint density at radius 2 is 2.60 bits per heavy atom. The number of aromatic nitrogens is 3. The average molecular weight is 173 g/mol. The molecule has 10 heavy (non-hydrogen) atoms. The minimum absolute atomic E-state index is 0.750. The maximum atomic E-state index is 5.00. The fraction of sp³-hybridized carbons (Fsp3) is 0.400. The first-order valence-electron chi connectivity index (χ1n) is 2.86. The SMILES string of the molecule is CCSC(=S)n1cncn1. The zero-order chi connectivity index (χ0) is 7.40. The molecule has 1 aromatic heterocycles. The lowest BCUT2D eigenvalue weighted by Crippen LogP contribution is -2.04. The quantitative estimate of drug-likeness (QED) is 0.596. The second-order valence-corrected chi connectivity index (χ2v) is 3.44. The van der Waals surface area contributed by atoms with Gasteiger partial charge >= 0.3 is 0 Å². The molecule has 0 saturated carbocycles. The van der Waals surface area contributed by atoms with Crippen molar-refractivity contribution in [3.05, 3.63) is 12.7 Å². The molecule has 1 rings (SSSR count). The van der Waals surface area contributed by atoms with Crippen molar-refractivity contribution in [2.75, 3.05) is 5.75 Å². The predicted octanol–water partition coefficient (Wildman–Crippen LogP) is 1.16. The normalized spacial score (nSPS) is 9.70. The molecule has 0 spiro atoms. The van der Waals surface area contributed by atoms with Gasteiger partial charge in [-0.1, -0.05) is 30.9 Å². The van der Waals surface area contributed by atoms with E-state index in [2.05, 4.69) is 10.1 Å². The van der Waals surface area contributed by atoms with Crippen molar-refractivity contribution in [2.24, 2.45) is 0 Å². The highest BCUT2D eigenvalue weighted by Gasteiger charge is 1.97. The van der Waals surface area contributed by atoms with Crippen LogP contribution in [0.4, 0.5) is 0 Å². The van der Waals surface area contributed by atoms with Crippen molar-refractivity contribution in [1.82, 2.24) is 14.8 Å². The minimum Gasteiger partial charge on any atom is -0.223 e. The van der Waals surface area contributed by atoms with Crippen molar-refractivity contribution >= 4 is 28.3 Å². The molecule has 3 nitrogen and oxygen atoms in total. The van der Waals surface area contributed by atoms with Crippen LogP contribution in [0.15, 0.2) is 12.7 Å². The molecule has 5 heteroatoms. The van der Waals surface area contributed by atoms with E-state index in [-0.39, 0.29) is 0 Å². The van der Waals surface area contributed by atoms with Gasteiger partial charge in [-0.15, -0.1) is 0 Å². The van der Waals surface area contributed by atoms with Gasteiger partial charge in [0.2, 0.25) is 0 Å². The fourth-order valence-corrected chi connectivity index (χ4v) is 1.41. The van der Waals surface area contributed by atoms with Crippen molar-refractivity contribution in [2.45, 2.75) is 6.92 Å². The topological polar surface area (TPSA) is 30.7 Å². The van der Waals surface area contributed by atoms with E-state index in [0.29, 0.717) is 0 Å². The van der Waals surface area contributed by atoms with Gasteiger partial charge in [0.25, 0.3) is 0 Å². The molecule has 0 radical (unpaired) electrons. The first-order valence-corrected chi connectivity index (χ1v) is 4.25. The highest BCUT2D eigenvalue weighted by molar-refractivity contribution is 8.22. The number of thiocarbonyl (C=S) groups is 1. The van der Waals surface area contributed by atoms with E-state index in [1.807, 2.05) is 6.92 Å². The zero-order valence-electron chi connectivity index (χ0n) is 5.52. The smallest absolute Gasteiger partial charge is 0.163 e. The second kappa shape index (κ2) is 3.68. The molecule has 0 amide bonds. The van der Waals surface area contributed by atoms with Crippen molar-refractivity contribution in [1.29, 1.82) is 0 Å². The summed E-state index contributed by atoms with van der Waals surface area (Å²) in [5, 5.41) is 3.88. The Kier molecular flexibility index (Phi) is 2.82. The van der Waals surface area contributed by atoms with Gasteiger partial charge in [0.05, 0.1) is 0 Å². The Balaban J connectivity index is 2.59. The molecule has 0 atom stereocenters. The largest absolute Gasteiger partial charge is 0.223 e. The summed E-state index contributed by atoms with van der Waals surface area (Å²) in [5.74, 6) is 0.971. The van der Waals surface area contributed by atoms with Gasteiger partial charge in [0.15, 0.2) is 4.32 Å². The van der Waals surface area contributed by atoms with Gasteiger partial charge in [-0.2, -0.15) is 5.10 Å². The van der Waals surface area contributed by atoms with Gasteiger partial charge in [0, 0.05) is 0 Å². The predicted molar refractivity (Wildman–Crippen MR) is 46.2 cm³/mol. The molecule has 0 N–H and O–H groups in total. The van der Waals surface area contributed by atoms with Crippen LogP contribution in [0.25, 0.3) is 0 Å². The number of rotatable bonds is 1. The van der Waals surface area contributed by atoms with Crippen LogP contribution in [0.3, 0.4) is 0 Å². The van der Waals surface area contributed by atoms with Crippen LogP contribution >= 0.6 is 24.0 Å². The van der Waals surface area contributed by atoms with E-state index < -0.39 is 0 Å². The van der Waals surface area contributed by atoms with Crippen LogP contribution in [-0.4, -0.2) is 24.8 Å². The van der Waals surface area contributed by atoms with Gasteiger partial charge in [-0.3, -0.25) is 0 Å². The third-order valence-electron chi connectivity index (χ3n) is 0.874. The van der Waals surface area contributed by atoms with Gasteiger partial charge < -0.3 is 0 Å².